The lowest BCUT2D eigenvalue weighted by Crippen LogP contribution is -2.26. The second-order valence-electron chi connectivity index (χ2n) is 4.79. The van der Waals surface area contributed by atoms with Crippen LogP contribution in [0.3, 0.4) is 0 Å². The number of nitrogens with zero attached hydrogens (tertiary/aromatic N) is 1. The van der Waals surface area contributed by atoms with Crippen molar-refractivity contribution >= 4 is 22.9 Å². The van der Waals surface area contributed by atoms with Crippen molar-refractivity contribution in [2.24, 2.45) is 4.99 Å². The predicted octanol–water partition coefficient (Wildman–Crippen LogP) is 3.47. The van der Waals surface area contributed by atoms with Gasteiger partial charge in [0.05, 0.1) is 5.04 Å². The minimum atomic E-state index is -0.454. The van der Waals surface area contributed by atoms with Gasteiger partial charge in [0.2, 0.25) is 0 Å². The van der Waals surface area contributed by atoms with E-state index in [9.17, 15) is 4.79 Å². The number of carbonyl (C=O) groups is 1. The molecule has 112 valence electrons. The van der Waals surface area contributed by atoms with E-state index in [0.717, 1.165) is 28.5 Å². The van der Waals surface area contributed by atoms with Crippen molar-refractivity contribution in [1.82, 2.24) is 5.32 Å². The molecule has 2 aromatic carbocycles. The molecule has 0 atom stereocenters. The van der Waals surface area contributed by atoms with Gasteiger partial charge in [-0.15, -0.1) is 11.8 Å². The zero-order valence-electron chi connectivity index (χ0n) is 12.0. The van der Waals surface area contributed by atoms with E-state index in [1.807, 2.05) is 42.5 Å². The van der Waals surface area contributed by atoms with E-state index < -0.39 is 6.09 Å². The summed E-state index contributed by atoms with van der Waals surface area (Å²) >= 11 is 1.75. The highest BCUT2D eigenvalue weighted by atomic mass is 32.2. The first-order chi connectivity index (χ1) is 10.8. The first-order valence-electron chi connectivity index (χ1n) is 7.08. The van der Waals surface area contributed by atoms with E-state index in [-0.39, 0.29) is 0 Å². The third kappa shape index (κ3) is 3.89. The molecule has 1 heterocycles. The number of hydrogen-bond donors (Lipinski definition) is 1. The van der Waals surface area contributed by atoms with Crippen LogP contribution in [0.5, 0.6) is 5.75 Å². The fourth-order valence-electron chi connectivity index (χ4n) is 2.09. The van der Waals surface area contributed by atoms with Crippen molar-refractivity contribution < 1.29 is 9.53 Å². The number of ether oxygens (including phenoxy) is 1. The largest absolute Gasteiger partial charge is 0.412 e. The van der Waals surface area contributed by atoms with Crippen LogP contribution in [0.15, 0.2) is 59.6 Å². The van der Waals surface area contributed by atoms with Gasteiger partial charge < -0.3 is 10.1 Å². The SMILES string of the molecule is O=C(NCc1ccccc1)Oc1ccc(C2=NCCS2)cc1. The molecule has 0 saturated carbocycles. The van der Waals surface area contributed by atoms with E-state index in [2.05, 4.69) is 10.3 Å². The van der Waals surface area contributed by atoms with Crippen LogP contribution in [-0.4, -0.2) is 23.4 Å². The summed E-state index contributed by atoms with van der Waals surface area (Å²) in [4.78, 5) is 16.2. The van der Waals surface area contributed by atoms with Crippen molar-refractivity contribution in [3.63, 3.8) is 0 Å². The molecular formula is C17H16N2O2S. The van der Waals surface area contributed by atoms with Gasteiger partial charge in [-0.2, -0.15) is 0 Å². The molecule has 4 nitrogen and oxygen atoms in total. The molecule has 1 aliphatic heterocycles. The van der Waals surface area contributed by atoms with Crippen LogP contribution in [0.25, 0.3) is 0 Å². The smallest absolute Gasteiger partial charge is 0.410 e. The topological polar surface area (TPSA) is 50.7 Å². The van der Waals surface area contributed by atoms with Gasteiger partial charge in [-0.05, 0) is 29.8 Å². The molecule has 2 aromatic rings. The second kappa shape index (κ2) is 7.13. The summed E-state index contributed by atoms with van der Waals surface area (Å²) in [6.45, 7) is 1.32. The van der Waals surface area contributed by atoms with Gasteiger partial charge in [-0.3, -0.25) is 4.99 Å². The number of aliphatic imine (C=N–C) groups is 1. The molecule has 1 aliphatic rings. The summed E-state index contributed by atoms with van der Waals surface area (Å²) in [5, 5.41) is 3.78. The monoisotopic (exact) mass is 312 g/mol. The van der Waals surface area contributed by atoms with Gasteiger partial charge in [0, 0.05) is 24.4 Å². The Labute approximate surface area is 133 Å². The second-order valence-corrected chi connectivity index (χ2v) is 5.87. The first-order valence-corrected chi connectivity index (χ1v) is 8.07. The molecule has 0 saturated heterocycles. The average Bonchev–Trinajstić information content (AvgIpc) is 3.09. The minimum absolute atomic E-state index is 0.450. The Hall–Kier alpha value is -2.27. The molecule has 0 aliphatic carbocycles. The number of thioether (sulfide) groups is 1. The molecule has 22 heavy (non-hydrogen) atoms. The van der Waals surface area contributed by atoms with Crippen molar-refractivity contribution in [2.45, 2.75) is 6.54 Å². The predicted molar refractivity (Wildman–Crippen MR) is 89.6 cm³/mol. The van der Waals surface area contributed by atoms with Crippen LogP contribution in [0, 0.1) is 0 Å². The third-order valence-electron chi connectivity index (χ3n) is 3.18. The number of amides is 1. The standard InChI is InChI=1S/C17H16N2O2S/c20-17(19-12-13-4-2-1-3-5-13)21-15-8-6-14(7-9-15)16-18-10-11-22-16/h1-9H,10-12H2,(H,19,20). The van der Waals surface area contributed by atoms with Crippen molar-refractivity contribution in [2.75, 3.05) is 12.3 Å². The molecule has 5 heteroatoms. The van der Waals surface area contributed by atoms with Gasteiger partial charge in [0.15, 0.2) is 0 Å². The Morgan fingerprint density at radius 3 is 2.59 bits per heavy atom. The van der Waals surface area contributed by atoms with E-state index in [4.69, 9.17) is 4.74 Å². The van der Waals surface area contributed by atoms with Crippen LogP contribution >= 0.6 is 11.8 Å². The molecule has 0 fully saturated rings. The molecule has 0 bridgehead atoms. The number of benzene rings is 2. The summed E-state index contributed by atoms with van der Waals surface area (Å²) in [6, 6.07) is 17.2. The maximum Gasteiger partial charge on any atom is 0.412 e. The lowest BCUT2D eigenvalue weighted by atomic mass is 10.2. The number of nitrogens with one attached hydrogen (secondary N) is 1. The fourth-order valence-corrected chi connectivity index (χ4v) is 2.95. The van der Waals surface area contributed by atoms with E-state index in [1.54, 1.807) is 23.9 Å². The first kappa shape index (κ1) is 14.7. The Kier molecular flexibility index (Phi) is 4.75. The average molecular weight is 312 g/mol. The Morgan fingerprint density at radius 2 is 1.91 bits per heavy atom. The molecule has 0 spiro atoms. The maximum absolute atomic E-state index is 11.8. The van der Waals surface area contributed by atoms with Crippen LogP contribution in [0.1, 0.15) is 11.1 Å². The highest BCUT2D eigenvalue weighted by Crippen LogP contribution is 2.21. The highest BCUT2D eigenvalue weighted by molar-refractivity contribution is 8.14. The molecule has 0 unspecified atom stereocenters. The normalized spacial score (nSPS) is 13.5. The summed E-state index contributed by atoms with van der Waals surface area (Å²) in [6.07, 6.45) is -0.454. The van der Waals surface area contributed by atoms with Crippen LogP contribution < -0.4 is 10.1 Å². The number of rotatable bonds is 4. The quantitative estimate of drug-likeness (QED) is 0.940. The van der Waals surface area contributed by atoms with Crippen LogP contribution in [0.4, 0.5) is 4.79 Å². The van der Waals surface area contributed by atoms with Crippen molar-refractivity contribution in [3.05, 3.63) is 65.7 Å². The van der Waals surface area contributed by atoms with Gasteiger partial charge in [-0.1, -0.05) is 30.3 Å². The Bertz CT molecular complexity index is 669. The molecule has 1 N–H and O–H groups in total. The number of carbonyl (C=O) groups excluding carboxylic acids is 1. The number of hydrogen-bond acceptors (Lipinski definition) is 4. The zero-order valence-corrected chi connectivity index (χ0v) is 12.8. The molecule has 0 radical (unpaired) electrons. The van der Waals surface area contributed by atoms with E-state index in [1.165, 1.54) is 0 Å². The van der Waals surface area contributed by atoms with Crippen LogP contribution in [0.2, 0.25) is 0 Å². The summed E-state index contributed by atoms with van der Waals surface area (Å²) < 4.78 is 5.26. The highest BCUT2D eigenvalue weighted by Gasteiger charge is 2.10. The molecular weight excluding hydrogens is 296 g/mol. The van der Waals surface area contributed by atoms with E-state index >= 15 is 0 Å². The lowest BCUT2D eigenvalue weighted by Gasteiger charge is -2.07. The van der Waals surface area contributed by atoms with Gasteiger partial charge >= 0.3 is 6.09 Å². The minimum Gasteiger partial charge on any atom is -0.410 e. The molecule has 0 aromatic heterocycles. The lowest BCUT2D eigenvalue weighted by molar-refractivity contribution is 0.200. The van der Waals surface area contributed by atoms with Crippen LogP contribution in [-0.2, 0) is 6.54 Å². The summed E-state index contributed by atoms with van der Waals surface area (Å²) in [7, 11) is 0. The Morgan fingerprint density at radius 1 is 1.14 bits per heavy atom. The van der Waals surface area contributed by atoms with Gasteiger partial charge in [0.25, 0.3) is 0 Å². The zero-order chi connectivity index (χ0) is 15.2. The molecule has 3 rings (SSSR count). The molecule has 1 amide bonds. The van der Waals surface area contributed by atoms with Crippen molar-refractivity contribution in [3.8, 4) is 5.75 Å². The van der Waals surface area contributed by atoms with Crippen molar-refractivity contribution in [1.29, 1.82) is 0 Å². The summed E-state index contributed by atoms with van der Waals surface area (Å²) in [5.41, 5.74) is 2.10. The van der Waals surface area contributed by atoms with Gasteiger partial charge in [-0.25, -0.2) is 4.79 Å². The maximum atomic E-state index is 11.8. The summed E-state index contributed by atoms with van der Waals surface area (Å²) in [5.74, 6) is 1.56. The fraction of sp³-hybridized carbons (Fsp3) is 0.176. The van der Waals surface area contributed by atoms with Gasteiger partial charge in [0.1, 0.15) is 5.75 Å². The Balaban J connectivity index is 1.53. The van der Waals surface area contributed by atoms with E-state index in [0.29, 0.717) is 12.3 Å². The third-order valence-corrected chi connectivity index (χ3v) is 4.20.